The maximum atomic E-state index is 12.1. The molecule has 0 aliphatic carbocycles. The molecule has 0 saturated carbocycles. The minimum absolute atomic E-state index is 0.0159. The van der Waals surface area contributed by atoms with E-state index in [1.165, 1.54) is 17.0 Å². The number of anilines is 1. The van der Waals surface area contributed by atoms with E-state index in [9.17, 15) is 4.79 Å². The Morgan fingerprint density at radius 2 is 2.14 bits per heavy atom. The molecule has 0 bridgehead atoms. The lowest BCUT2D eigenvalue weighted by atomic mass is 10.3. The normalized spacial score (nSPS) is 15.0. The van der Waals surface area contributed by atoms with E-state index < -0.39 is 0 Å². The Balaban J connectivity index is 1.60. The van der Waals surface area contributed by atoms with Crippen LogP contribution in [0.1, 0.15) is 22.9 Å². The van der Waals surface area contributed by atoms with Gasteiger partial charge in [0.1, 0.15) is 5.82 Å². The molecule has 0 atom stereocenters. The molecule has 0 unspecified atom stereocenters. The summed E-state index contributed by atoms with van der Waals surface area (Å²) in [6, 6.07) is 0. The van der Waals surface area contributed by atoms with Crippen LogP contribution in [0.25, 0.3) is 0 Å². The van der Waals surface area contributed by atoms with E-state index in [1.807, 2.05) is 19.2 Å². The number of aromatic nitrogens is 3. The van der Waals surface area contributed by atoms with Crippen molar-refractivity contribution in [1.29, 1.82) is 0 Å². The number of thiazole rings is 1. The Hall–Kier alpha value is -1.73. The van der Waals surface area contributed by atoms with E-state index in [0.717, 1.165) is 36.8 Å². The van der Waals surface area contributed by atoms with Crippen molar-refractivity contribution in [2.45, 2.75) is 33.9 Å². The Kier molecular flexibility index (Phi) is 3.77. The largest absolute Gasteiger partial charge is 0.330 e. The van der Waals surface area contributed by atoms with Gasteiger partial charge in [-0.1, -0.05) is 0 Å². The second-order valence-electron chi connectivity index (χ2n) is 5.40. The number of carbonyl (C=O) groups excluding carboxylic acids is 1. The molecule has 21 heavy (non-hydrogen) atoms. The van der Waals surface area contributed by atoms with Gasteiger partial charge in [0, 0.05) is 24.2 Å². The molecule has 1 amide bonds. The van der Waals surface area contributed by atoms with Gasteiger partial charge < -0.3 is 9.88 Å². The number of imidazole rings is 1. The summed E-state index contributed by atoms with van der Waals surface area (Å²) in [5, 5.41) is 5.45. The van der Waals surface area contributed by atoms with Crippen molar-refractivity contribution in [3.05, 3.63) is 28.3 Å². The highest BCUT2D eigenvalue weighted by molar-refractivity contribution is 7.13. The molecular formula is C14H19N5OS. The Morgan fingerprint density at radius 1 is 1.33 bits per heavy atom. The van der Waals surface area contributed by atoms with Crippen molar-refractivity contribution >= 4 is 22.4 Å². The standard InChI is InChI=1S/C14H19N5OS/c1-9-8-21-14(15-9)17-13(20)7-18-4-5-19-11(3)10(2)16-12(19)6-18/h8H,4-7H2,1-3H3,(H,15,17,20). The monoisotopic (exact) mass is 305 g/mol. The van der Waals surface area contributed by atoms with Crippen molar-refractivity contribution in [2.75, 3.05) is 18.4 Å². The number of aryl methyl sites for hydroxylation is 2. The number of carbonyl (C=O) groups is 1. The van der Waals surface area contributed by atoms with E-state index in [2.05, 4.69) is 31.7 Å². The number of hydrogen-bond donors (Lipinski definition) is 1. The molecule has 3 rings (SSSR count). The fourth-order valence-electron chi connectivity index (χ4n) is 2.57. The summed E-state index contributed by atoms with van der Waals surface area (Å²) in [7, 11) is 0. The first-order chi connectivity index (χ1) is 10.0. The van der Waals surface area contributed by atoms with Crippen LogP contribution in [-0.2, 0) is 17.9 Å². The minimum atomic E-state index is -0.0159. The minimum Gasteiger partial charge on any atom is -0.330 e. The van der Waals surface area contributed by atoms with Crippen LogP contribution in [0.2, 0.25) is 0 Å². The first-order valence-electron chi connectivity index (χ1n) is 7.00. The van der Waals surface area contributed by atoms with Crippen LogP contribution in [0.15, 0.2) is 5.38 Å². The van der Waals surface area contributed by atoms with E-state index >= 15 is 0 Å². The molecule has 0 radical (unpaired) electrons. The molecule has 3 heterocycles. The lowest BCUT2D eigenvalue weighted by molar-refractivity contribution is -0.117. The zero-order chi connectivity index (χ0) is 15.0. The first kappa shape index (κ1) is 14.2. The van der Waals surface area contributed by atoms with Crippen LogP contribution >= 0.6 is 11.3 Å². The summed E-state index contributed by atoms with van der Waals surface area (Å²) in [5.41, 5.74) is 3.24. The van der Waals surface area contributed by atoms with Crippen LogP contribution in [0.3, 0.4) is 0 Å². The quantitative estimate of drug-likeness (QED) is 0.938. The maximum absolute atomic E-state index is 12.1. The average Bonchev–Trinajstić information content (AvgIpc) is 2.94. The fourth-order valence-corrected chi connectivity index (χ4v) is 3.27. The highest BCUT2D eigenvalue weighted by Crippen LogP contribution is 2.17. The zero-order valence-corrected chi connectivity index (χ0v) is 13.3. The van der Waals surface area contributed by atoms with Gasteiger partial charge in [-0.15, -0.1) is 11.3 Å². The number of nitrogens with one attached hydrogen (secondary N) is 1. The highest BCUT2D eigenvalue weighted by atomic mass is 32.1. The average molecular weight is 305 g/mol. The van der Waals surface area contributed by atoms with E-state index in [-0.39, 0.29) is 5.91 Å². The third-order valence-electron chi connectivity index (χ3n) is 3.77. The molecular weight excluding hydrogens is 286 g/mol. The third kappa shape index (κ3) is 2.98. The summed E-state index contributed by atoms with van der Waals surface area (Å²) >= 11 is 1.46. The van der Waals surface area contributed by atoms with Crippen LogP contribution in [-0.4, -0.2) is 38.4 Å². The number of fused-ring (bicyclic) bond motifs is 1. The molecule has 0 saturated heterocycles. The lowest BCUT2D eigenvalue weighted by Crippen LogP contribution is -2.39. The predicted octanol–water partition coefficient (Wildman–Crippen LogP) is 1.72. The topological polar surface area (TPSA) is 63.1 Å². The first-order valence-corrected chi connectivity index (χ1v) is 7.88. The highest BCUT2D eigenvalue weighted by Gasteiger charge is 2.22. The molecule has 112 valence electrons. The Labute approximate surface area is 127 Å². The third-order valence-corrected chi connectivity index (χ3v) is 4.65. The second kappa shape index (κ2) is 5.57. The Morgan fingerprint density at radius 3 is 2.86 bits per heavy atom. The van der Waals surface area contributed by atoms with Gasteiger partial charge in [0.25, 0.3) is 0 Å². The zero-order valence-electron chi connectivity index (χ0n) is 12.5. The van der Waals surface area contributed by atoms with Crippen LogP contribution in [0.5, 0.6) is 0 Å². The molecule has 6 nitrogen and oxygen atoms in total. The number of amides is 1. The van der Waals surface area contributed by atoms with E-state index in [1.54, 1.807) is 0 Å². The molecule has 0 fully saturated rings. The van der Waals surface area contributed by atoms with Crippen LogP contribution in [0, 0.1) is 20.8 Å². The van der Waals surface area contributed by atoms with Crippen LogP contribution in [0.4, 0.5) is 5.13 Å². The van der Waals surface area contributed by atoms with Crippen LogP contribution < -0.4 is 5.32 Å². The molecule has 2 aromatic rings. The van der Waals surface area contributed by atoms with Gasteiger partial charge in [-0.2, -0.15) is 0 Å². The summed E-state index contributed by atoms with van der Waals surface area (Å²) < 4.78 is 2.24. The van der Waals surface area contributed by atoms with Crippen molar-refractivity contribution in [2.24, 2.45) is 0 Å². The van der Waals surface area contributed by atoms with Gasteiger partial charge in [-0.05, 0) is 20.8 Å². The maximum Gasteiger partial charge on any atom is 0.240 e. The summed E-state index contributed by atoms with van der Waals surface area (Å²) in [5.74, 6) is 1.03. The van der Waals surface area contributed by atoms with E-state index in [0.29, 0.717) is 11.7 Å². The van der Waals surface area contributed by atoms with Gasteiger partial charge >= 0.3 is 0 Å². The summed E-state index contributed by atoms with van der Waals surface area (Å²) in [6.07, 6.45) is 0. The summed E-state index contributed by atoms with van der Waals surface area (Å²) in [6.45, 7) is 8.91. The smallest absolute Gasteiger partial charge is 0.240 e. The predicted molar refractivity (Wildman–Crippen MR) is 82.5 cm³/mol. The Bertz CT molecular complexity index is 675. The number of hydrogen-bond acceptors (Lipinski definition) is 5. The molecule has 1 aliphatic rings. The number of nitrogens with zero attached hydrogens (tertiary/aromatic N) is 4. The van der Waals surface area contributed by atoms with Gasteiger partial charge in [0.15, 0.2) is 5.13 Å². The number of rotatable bonds is 3. The van der Waals surface area contributed by atoms with Gasteiger partial charge in [-0.25, -0.2) is 9.97 Å². The summed E-state index contributed by atoms with van der Waals surface area (Å²) in [4.78, 5) is 23.0. The van der Waals surface area contributed by atoms with Crippen molar-refractivity contribution in [3.8, 4) is 0 Å². The van der Waals surface area contributed by atoms with Gasteiger partial charge in [-0.3, -0.25) is 9.69 Å². The van der Waals surface area contributed by atoms with Crippen molar-refractivity contribution in [1.82, 2.24) is 19.4 Å². The van der Waals surface area contributed by atoms with Gasteiger partial charge in [0.2, 0.25) is 5.91 Å². The van der Waals surface area contributed by atoms with Crippen molar-refractivity contribution < 1.29 is 4.79 Å². The molecule has 1 N–H and O–H groups in total. The molecule has 0 aromatic carbocycles. The second-order valence-corrected chi connectivity index (χ2v) is 6.26. The fraction of sp³-hybridized carbons (Fsp3) is 0.500. The molecule has 2 aromatic heterocycles. The SMILES string of the molecule is Cc1csc(NC(=O)CN2CCn3c(nc(C)c3C)C2)n1. The molecule has 1 aliphatic heterocycles. The molecule has 0 spiro atoms. The van der Waals surface area contributed by atoms with Gasteiger partial charge in [0.05, 0.1) is 24.5 Å². The molecule has 7 heteroatoms. The lowest BCUT2D eigenvalue weighted by Gasteiger charge is -2.27. The van der Waals surface area contributed by atoms with Crippen molar-refractivity contribution in [3.63, 3.8) is 0 Å². The van der Waals surface area contributed by atoms with E-state index in [4.69, 9.17) is 0 Å².